The molecular weight excluding hydrogens is 262 g/mol. The Labute approximate surface area is 118 Å². The van der Waals surface area contributed by atoms with E-state index in [-0.39, 0.29) is 11.2 Å². The number of methoxy groups -OCH3 is 1. The molecule has 0 radical (unpaired) electrons. The molecule has 0 unspecified atom stereocenters. The second-order valence-corrected chi connectivity index (χ2v) is 4.64. The van der Waals surface area contributed by atoms with Crippen molar-refractivity contribution in [2.45, 2.75) is 26.6 Å². The van der Waals surface area contributed by atoms with Crippen LogP contribution in [0.4, 0.5) is 0 Å². The predicted molar refractivity (Wildman–Crippen MR) is 80.4 cm³/mol. The normalized spacial score (nSPS) is 10.9. The molecule has 1 aromatic rings. The summed E-state index contributed by atoms with van der Waals surface area (Å²) in [5, 5.41) is 4.04. The minimum Gasteiger partial charge on any atom is -0.491 e. The predicted octanol–water partition coefficient (Wildman–Crippen LogP) is 1.79. The molecule has 1 rings (SSSR count). The van der Waals surface area contributed by atoms with Gasteiger partial charge in [-0.15, -0.1) is 0 Å². The van der Waals surface area contributed by atoms with Crippen molar-refractivity contribution in [3.05, 3.63) is 29.3 Å². The number of hydrazone groups is 1. The molecule has 0 amide bonds. The molecule has 0 aromatic heterocycles. The Hall–Kier alpha value is -1.66. The molecular formula is C13H19N3O2S. The first-order valence-electron chi connectivity index (χ1n) is 5.90. The van der Waals surface area contributed by atoms with Gasteiger partial charge in [0.25, 0.3) is 0 Å². The highest BCUT2D eigenvalue weighted by atomic mass is 32.1. The molecule has 6 heteroatoms. The van der Waals surface area contributed by atoms with Crippen LogP contribution in [-0.4, -0.2) is 24.5 Å². The van der Waals surface area contributed by atoms with Gasteiger partial charge in [-0.25, -0.2) is 0 Å². The molecule has 0 aliphatic heterocycles. The first-order valence-corrected chi connectivity index (χ1v) is 6.30. The zero-order valence-electron chi connectivity index (χ0n) is 11.3. The summed E-state index contributed by atoms with van der Waals surface area (Å²) in [6, 6.07) is 5.75. The van der Waals surface area contributed by atoms with Gasteiger partial charge in [0.05, 0.1) is 18.9 Å². The lowest BCUT2D eigenvalue weighted by atomic mass is 10.1. The molecule has 104 valence electrons. The van der Waals surface area contributed by atoms with Gasteiger partial charge in [-0.3, -0.25) is 5.43 Å². The summed E-state index contributed by atoms with van der Waals surface area (Å²) in [5.41, 5.74) is 9.67. The fraction of sp³-hybridized carbons (Fsp3) is 0.385. The molecule has 0 aliphatic rings. The number of hydrogen-bond donors (Lipinski definition) is 2. The third-order valence-corrected chi connectivity index (χ3v) is 2.23. The minimum absolute atomic E-state index is 0.117. The second-order valence-electron chi connectivity index (χ2n) is 4.20. The van der Waals surface area contributed by atoms with Gasteiger partial charge < -0.3 is 15.2 Å². The van der Waals surface area contributed by atoms with Crippen LogP contribution < -0.4 is 15.9 Å². The van der Waals surface area contributed by atoms with Crippen LogP contribution in [0.5, 0.6) is 5.75 Å². The molecule has 0 aliphatic carbocycles. The van der Waals surface area contributed by atoms with Crippen LogP contribution >= 0.6 is 12.2 Å². The van der Waals surface area contributed by atoms with Crippen LogP contribution in [-0.2, 0) is 11.3 Å². The van der Waals surface area contributed by atoms with Crippen LogP contribution in [0.2, 0.25) is 0 Å². The van der Waals surface area contributed by atoms with Crippen LogP contribution in [0.15, 0.2) is 23.3 Å². The number of nitrogens with two attached hydrogens (primary N) is 1. The summed E-state index contributed by atoms with van der Waals surface area (Å²) in [5.74, 6) is 0.816. The summed E-state index contributed by atoms with van der Waals surface area (Å²) in [6.07, 6.45) is 1.75. The summed E-state index contributed by atoms with van der Waals surface area (Å²) >= 11 is 4.66. The SMILES string of the molecule is COCc1cc(C=NNC(N)=S)ccc1OC(C)C. The van der Waals surface area contributed by atoms with E-state index in [2.05, 4.69) is 22.7 Å². The van der Waals surface area contributed by atoms with Crippen molar-refractivity contribution in [1.82, 2.24) is 5.43 Å². The van der Waals surface area contributed by atoms with E-state index in [4.69, 9.17) is 15.2 Å². The maximum atomic E-state index is 5.71. The third kappa shape index (κ3) is 5.67. The Kier molecular flexibility index (Phi) is 6.24. The van der Waals surface area contributed by atoms with Gasteiger partial charge in [0, 0.05) is 12.7 Å². The fourth-order valence-corrected chi connectivity index (χ4v) is 1.54. The van der Waals surface area contributed by atoms with Crippen molar-refractivity contribution in [2.75, 3.05) is 7.11 Å². The summed E-state index contributed by atoms with van der Waals surface area (Å²) in [7, 11) is 1.65. The van der Waals surface area contributed by atoms with Gasteiger partial charge in [-0.05, 0) is 49.8 Å². The minimum atomic E-state index is 0.117. The molecule has 0 fully saturated rings. The number of benzene rings is 1. The molecule has 0 spiro atoms. The topological polar surface area (TPSA) is 68.9 Å². The fourth-order valence-electron chi connectivity index (χ4n) is 1.49. The molecule has 1 aromatic carbocycles. The van der Waals surface area contributed by atoms with E-state index < -0.39 is 0 Å². The van der Waals surface area contributed by atoms with Gasteiger partial charge >= 0.3 is 0 Å². The molecule has 0 saturated heterocycles. The van der Waals surface area contributed by atoms with E-state index >= 15 is 0 Å². The monoisotopic (exact) mass is 281 g/mol. The van der Waals surface area contributed by atoms with Crippen molar-refractivity contribution in [2.24, 2.45) is 10.8 Å². The zero-order chi connectivity index (χ0) is 14.3. The molecule has 3 N–H and O–H groups in total. The van der Waals surface area contributed by atoms with Crippen molar-refractivity contribution in [1.29, 1.82) is 0 Å². The quantitative estimate of drug-likeness (QED) is 0.472. The van der Waals surface area contributed by atoms with Gasteiger partial charge in [0.1, 0.15) is 5.75 Å². The van der Waals surface area contributed by atoms with Crippen molar-refractivity contribution < 1.29 is 9.47 Å². The Morgan fingerprint density at radius 1 is 1.53 bits per heavy atom. The Morgan fingerprint density at radius 3 is 2.84 bits per heavy atom. The molecule has 0 bridgehead atoms. The Balaban J connectivity index is 2.88. The standard InChI is InChI=1S/C13H19N3O2S/c1-9(2)18-12-5-4-10(6-11(12)8-17-3)7-15-16-13(14)19/h4-7,9H,8H2,1-3H3,(H3,14,16,19). The van der Waals surface area contributed by atoms with Crippen molar-refractivity contribution in [3.63, 3.8) is 0 Å². The average Bonchev–Trinajstić information content (AvgIpc) is 2.31. The molecule has 19 heavy (non-hydrogen) atoms. The first-order chi connectivity index (χ1) is 9.02. The van der Waals surface area contributed by atoms with E-state index in [0.29, 0.717) is 6.61 Å². The number of hydrogen-bond acceptors (Lipinski definition) is 4. The van der Waals surface area contributed by atoms with Crippen LogP contribution in [0.25, 0.3) is 0 Å². The van der Waals surface area contributed by atoms with Gasteiger partial charge in [-0.1, -0.05) is 0 Å². The van der Waals surface area contributed by atoms with E-state index in [1.165, 1.54) is 0 Å². The molecule has 5 nitrogen and oxygen atoms in total. The molecule has 0 atom stereocenters. The first kappa shape index (κ1) is 15.4. The van der Waals surface area contributed by atoms with Gasteiger partial charge in [0.15, 0.2) is 5.11 Å². The number of nitrogens with one attached hydrogen (secondary N) is 1. The summed E-state index contributed by atoms with van der Waals surface area (Å²) < 4.78 is 10.9. The second kappa shape index (κ2) is 7.70. The van der Waals surface area contributed by atoms with E-state index in [0.717, 1.165) is 16.9 Å². The Bertz CT molecular complexity index is 461. The van der Waals surface area contributed by atoms with Crippen LogP contribution in [0.3, 0.4) is 0 Å². The zero-order valence-corrected chi connectivity index (χ0v) is 12.2. The maximum absolute atomic E-state index is 5.71. The lowest BCUT2D eigenvalue weighted by molar-refractivity contribution is 0.174. The van der Waals surface area contributed by atoms with Gasteiger partial charge in [0.2, 0.25) is 0 Å². The van der Waals surface area contributed by atoms with E-state index in [1.54, 1.807) is 13.3 Å². The van der Waals surface area contributed by atoms with Crippen molar-refractivity contribution >= 4 is 23.5 Å². The number of ether oxygens (including phenoxy) is 2. The largest absolute Gasteiger partial charge is 0.491 e. The summed E-state index contributed by atoms with van der Waals surface area (Å²) in [4.78, 5) is 0. The lowest BCUT2D eigenvalue weighted by Crippen LogP contribution is -2.24. The highest BCUT2D eigenvalue weighted by Gasteiger charge is 2.06. The number of thiocarbonyl (C=S) groups is 1. The smallest absolute Gasteiger partial charge is 0.184 e. The lowest BCUT2D eigenvalue weighted by Gasteiger charge is -2.14. The van der Waals surface area contributed by atoms with Crippen LogP contribution in [0.1, 0.15) is 25.0 Å². The average molecular weight is 281 g/mol. The highest BCUT2D eigenvalue weighted by Crippen LogP contribution is 2.21. The Morgan fingerprint density at radius 2 is 2.26 bits per heavy atom. The van der Waals surface area contributed by atoms with Crippen LogP contribution in [0, 0.1) is 0 Å². The van der Waals surface area contributed by atoms with Crippen molar-refractivity contribution in [3.8, 4) is 5.75 Å². The number of nitrogens with zero attached hydrogens (tertiary/aromatic N) is 1. The van der Waals surface area contributed by atoms with E-state index in [9.17, 15) is 0 Å². The maximum Gasteiger partial charge on any atom is 0.184 e. The molecule has 0 saturated carbocycles. The highest BCUT2D eigenvalue weighted by molar-refractivity contribution is 7.80. The molecule has 0 heterocycles. The van der Waals surface area contributed by atoms with Gasteiger partial charge in [-0.2, -0.15) is 5.10 Å². The van der Waals surface area contributed by atoms with E-state index in [1.807, 2.05) is 32.0 Å². The third-order valence-electron chi connectivity index (χ3n) is 2.14. The number of rotatable bonds is 6. The summed E-state index contributed by atoms with van der Waals surface area (Å²) in [6.45, 7) is 4.45.